The molecule has 1 saturated heterocycles. The van der Waals surface area contributed by atoms with Crippen LogP contribution in [-0.4, -0.2) is 49.8 Å². The number of amides is 1. The molecule has 0 atom stereocenters. The third kappa shape index (κ3) is 5.00. The second-order valence-electron chi connectivity index (χ2n) is 6.38. The summed E-state index contributed by atoms with van der Waals surface area (Å²) < 4.78 is 0. The zero-order chi connectivity index (χ0) is 17.6. The van der Waals surface area contributed by atoms with Crippen LogP contribution in [0.3, 0.4) is 0 Å². The van der Waals surface area contributed by atoms with E-state index in [1.807, 2.05) is 30.5 Å². The molecular weight excluding hydrogens is 330 g/mol. The van der Waals surface area contributed by atoms with Crippen molar-refractivity contribution in [1.82, 2.24) is 4.90 Å². The van der Waals surface area contributed by atoms with E-state index < -0.39 is 0 Å². The Morgan fingerprint density at radius 1 is 1.08 bits per heavy atom. The Morgan fingerprint density at radius 2 is 1.80 bits per heavy atom. The van der Waals surface area contributed by atoms with Crippen LogP contribution in [0.25, 0.3) is 0 Å². The summed E-state index contributed by atoms with van der Waals surface area (Å²) in [6.07, 6.45) is 2.05. The van der Waals surface area contributed by atoms with E-state index in [9.17, 15) is 4.79 Å². The molecule has 5 heteroatoms. The lowest BCUT2D eigenvalue weighted by atomic mass is 10.2. The van der Waals surface area contributed by atoms with Crippen molar-refractivity contribution in [2.75, 3.05) is 49.2 Å². The number of nitrogens with one attached hydrogen (secondary N) is 1. The number of thioether (sulfide) groups is 1. The number of aryl methyl sites for hydroxylation is 1. The molecule has 1 N–H and O–H groups in total. The molecule has 0 aliphatic carbocycles. The lowest BCUT2D eigenvalue weighted by Gasteiger charge is -2.35. The van der Waals surface area contributed by atoms with E-state index in [1.54, 1.807) is 11.8 Å². The average Bonchev–Trinajstić information content (AvgIpc) is 2.63. The van der Waals surface area contributed by atoms with Crippen molar-refractivity contribution in [3.63, 3.8) is 0 Å². The van der Waals surface area contributed by atoms with Crippen molar-refractivity contribution in [2.24, 2.45) is 0 Å². The minimum absolute atomic E-state index is 0.0564. The first-order valence-corrected chi connectivity index (χ1v) is 9.84. The molecule has 1 aliphatic heterocycles. The minimum atomic E-state index is 0.0564. The second kappa shape index (κ2) is 8.41. The fourth-order valence-electron chi connectivity index (χ4n) is 3.07. The van der Waals surface area contributed by atoms with Crippen LogP contribution in [-0.2, 0) is 4.79 Å². The molecule has 0 spiro atoms. The number of carbonyl (C=O) groups excluding carboxylic acids is 1. The van der Waals surface area contributed by atoms with Gasteiger partial charge in [-0.1, -0.05) is 12.1 Å². The predicted molar refractivity (Wildman–Crippen MR) is 107 cm³/mol. The number of nitrogens with zero attached hydrogens (tertiary/aromatic N) is 2. The van der Waals surface area contributed by atoms with Gasteiger partial charge in [0, 0.05) is 42.4 Å². The van der Waals surface area contributed by atoms with E-state index in [0.29, 0.717) is 6.54 Å². The van der Waals surface area contributed by atoms with Crippen LogP contribution in [0.1, 0.15) is 5.56 Å². The van der Waals surface area contributed by atoms with Gasteiger partial charge in [0.1, 0.15) is 0 Å². The van der Waals surface area contributed by atoms with Crippen LogP contribution in [0.4, 0.5) is 11.4 Å². The summed E-state index contributed by atoms with van der Waals surface area (Å²) in [4.78, 5) is 18.1. The summed E-state index contributed by atoms with van der Waals surface area (Å²) in [5, 5.41) is 2.99. The number of hydrogen-bond donors (Lipinski definition) is 1. The van der Waals surface area contributed by atoms with E-state index in [1.165, 1.54) is 16.1 Å². The third-order valence-electron chi connectivity index (χ3n) is 4.48. The molecule has 4 nitrogen and oxygen atoms in total. The topological polar surface area (TPSA) is 35.6 Å². The quantitative estimate of drug-likeness (QED) is 0.833. The van der Waals surface area contributed by atoms with Crippen molar-refractivity contribution < 1.29 is 4.79 Å². The van der Waals surface area contributed by atoms with Crippen LogP contribution >= 0.6 is 11.8 Å². The molecular formula is C20H25N3OS. The maximum absolute atomic E-state index is 12.3. The molecule has 2 aromatic carbocycles. The summed E-state index contributed by atoms with van der Waals surface area (Å²) in [6.45, 7) is 6.31. The molecule has 1 heterocycles. The van der Waals surface area contributed by atoms with Gasteiger partial charge in [-0.15, -0.1) is 11.8 Å². The number of benzene rings is 2. The van der Waals surface area contributed by atoms with Crippen molar-refractivity contribution in [1.29, 1.82) is 0 Å². The highest BCUT2D eigenvalue weighted by Crippen LogP contribution is 2.19. The summed E-state index contributed by atoms with van der Waals surface area (Å²) in [5.74, 6) is 0.0564. The Morgan fingerprint density at radius 3 is 2.44 bits per heavy atom. The molecule has 0 radical (unpaired) electrons. The number of anilines is 2. The highest BCUT2D eigenvalue weighted by Gasteiger charge is 2.19. The molecule has 1 aliphatic rings. The van der Waals surface area contributed by atoms with Crippen LogP contribution in [0.15, 0.2) is 53.4 Å². The number of rotatable bonds is 5. The monoisotopic (exact) mass is 355 g/mol. The molecule has 1 amide bonds. The normalized spacial score (nSPS) is 15.2. The highest BCUT2D eigenvalue weighted by molar-refractivity contribution is 7.98. The Kier molecular flexibility index (Phi) is 6.00. The van der Waals surface area contributed by atoms with Gasteiger partial charge in [0.25, 0.3) is 0 Å². The lowest BCUT2D eigenvalue weighted by molar-refractivity contribution is -0.117. The van der Waals surface area contributed by atoms with Crippen molar-refractivity contribution >= 4 is 29.0 Å². The van der Waals surface area contributed by atoms with Gasteiger partial charge in [0.15, 0.2) is 0 Å². The summed E-state index contributed by atoms with van der Waals surface area (Å²) in [6, 6.07) is 16.6. The number of hydrogen-bond acceptors (Lipinski definition) is 4. The van der Waals surface area contributed by atoms with E-state index in [-0.39, 0.29) is 5.91 Å². The number of carbonyl (C=O) groups is 1. The zero-order valence-corrected chi connectivity index (χ0v) is 15.7. The average molecular weight is 356 g/mol. The van der Waals surface area contributed by atoms with Crippen molar-refractivity contribution in [3.8, 4) is 0 Å². The Balaban J connectivity index is 1.47. The highest BCUT2D eigenvalue weighted by atomic mass is 32.2. The Bertz CT molecular complexity index is 709. The molecule has 25 heavy (non-hydrogen) atoms. The standard InChI is InChI=1S/C20H25N3OS/c1-16-4-3-5-18(14-16)23-12-10-22(11-13-23)15-20(24)21-17-6-8-19(25-2)9-7-17/h3-9,14H,10-13,15H2,1-2H3,(H,21,24). The molecule has 0 unspecified atom stereocenters. The van der Waals surface area contributed by atoms with E-state index >= 15 is 0 Å². The molecule has 0 bridgehead atoms. The first-order valence-electron chi connectivity index (χ1n) is 8.62. The largest absolute Gasteiger partial charge is 0.369 e. The second-order valence-corrected chi connectivity index (χ2v) is 7.26. The molecule has 1 fully saturated rings. The third-order valence-corrected chi connectivity index (χ3v) is 5.22. The van der Waals surface area contributed by atoms with Gasteiger partial charge in [0.05, 0.1) is 6.54 Å². The fourth-order valence-corrected chi connectivity index (χ4v) is 3.48. The zero-order valence-electron chi connectivity index (χ0n) is 14.9. The van der Waals surface area contributed by atoms with Gasteiger partial charge >= 0.3 is 0 Å². The molecule has 0 aromatic heterocycles. The molecule has 2 aromatic rings. The van der Waals surface area contributed by atoms with E-state index in [2.05, 4.69) is 46.3 Å². The van der Waals surface area contributed by atoms with Gasteiger partial charge in [-0.2, -0.15) is 0 Å². The number of piperazine rings is 1. The van der Waals surface area contributed by atoms with Gasteiger partial charge < -0.3 is 10.2 Å². The smallest absolute Gasteiger partial charge is 0.238 e. The van der Waals surface area contributed by atoms with Crippen molar-refractivity contribution in [3.05, 3.63) is 54.1 Å². The molecule has 132 valence electrons. The van der Waals surface area contributed by atoms with Crippen LogP contribution in [0.2, 0.25) is 0 Å². The molecule has 0 saturated carbocycles. The SMILES string of the molecule is CSc1ccc(NC(=O)CN2CCN(c3cccc(C)c3)CC2)cc1. The van der Waals surface area contributed by atoms with E-state index in [0.717, 1.165) is 31.9 Å². The van der Waals surface area contributed by atoms with Crippen LogP contribution in [0.5, 0.6) is 0 Å². The minimum Gasteiger partial charge on any atom is -0.369 e. The van der Waals surface area contributed by atoms with Gasteiger partial charge in [-0.25, -0.2) is 0 Å². The van der Waals surface area contributed by atoms with Crippen molar-refractivity contribution in [2.45, 2.75) is 11.8 Å². The van der Waals surface area contributed by atoms with Crippen LogP contribution in [0, 0.1) is 6.92 Å². The van der Waals surface area contributed by atoms with E-state index in [4.69, 9.17) is 0 Å². The summed E-state index contributed by atoms with van der Waals surface area (Å²) in [5.41, 5.74) is 3.42. The van der Waals surface area contributed by atoms with Gasteiger partial charge in [0.2, 0.25) is 5.91 Å². The maximum atomic E-state index is 12.3. The lowest BCUT2D eigenvalue weighted by Crippen LogP contribution is -2.48. The summed E-state index contributed by atoms with van der Waals surface area (Å²) >= 11 is 1.70. The first-order chi connectivity index (χ1) is 12.1. The maximum Gasteiger partial charge on any atom is 0.238 e. The fraction of sp³-hybridized carbons (Fsp3) is 0.350. The first kappa shape index (κ1) is 17.8. The Hall–Kier alpha value is -1.98. The van der Waals surface area contributed by atoms with Gasteiger partial charge in [-0.3, -0.25) is 9.69 Å². The molecule has 3 rings (SSSR count). The summed E-state index contributed by atoms with van der Waals surface area (Å²) in [7, 11) is 0. The van der Waals surface area contributed by atoms with Crippen LogP contribution < -0.4 is 10.2 Å². The Labute approximate surface area is 154 Å². The predicted octanol–water partition coefficient (Wildman–Crippen LogP) is 3.48. The van der Waals surface area contributed by atoms with Gasteiger partial charge in [-0.05, 0) is 55.1 Å².